The average Bonchev–Trinajstić information content (AvgIpc) is 3.48. The molecule has 1 N–H and O–H groups in total. The van der Waals surface area contributed by atoms with Crippen molar-refractivity contribution < 1.29 is 33.3 Å². The van der Waals surface area contributed by atoms with Gasteiger partial charge in [0.15, 0.2) is 5.78 Å². The number of allylic oxidation sites excluding steroid dienone is 3. The lowest BCUT2D eigenvalue weighted by Crippen LogP contribution is -2.36. The fourth-order valence-electron chi connectivity index (χ4n) is 5.82. The Morgan fingerprint density at radius 1 is 1.03 bits per heavy atom. The summed E-state index contributed by atoms with van der Waals surface area (Å²) in [4.78, 5) is 39.4. The van der Waals surface area contributed by atoms with Gasteiger partial charge >= 0.3 is 11.9 Å². The zero-order valence-electron chi connectivity index (χ0n) is 22.5. The summed E-state index contributed by atoms with van der Waals surface area (Å²) < 4.78 is 21.7. The number of dihydropyridines is 1. The number of methoxy groups -OCH3 is 2. The molecular formula is C31H33NO7. The molecule has 2 aromatic carbocycles. The number of para-hydroxylation sites is 1. The molecule has 3 atom stereocenters. The van der Waals surface area contributed by atoms with Crippen molar-refractivity contribution in [1.82, 2.24) is 5.32 Å². The monoisotopic (exact) mass is 531 g/mol. The van der Waals surface area contributed by atoms with Crippen LogP contribution in [0.4, 0.5) is 0 Å². The molecule has 0 unspecified atom stereocenters. The van der Waals surface area contributed by atoms with E-state index in [2.05, 4.69) is 5.32 Å². The van der Waals surface area contributed by atoms with E-state index in [-0.39, 0.29) is 30.8 Å². The summed E-state index contributed by atoms with van der Waals surface area (Å²) in [7, 11) is 2.95. The van der Waals surface area contributed by atoms with Gasteiger partial charge in [0.05, 0.1) is 31.5 Å². The van der Waals surface area contributed by atoms with Crippen LogP contribution in [0, 0.1) is 0 Å². The normalized spacial score (nSPS) is 22.7. The van der Waals surface area contributed by atoms with Crippen molar-refractivity contribution in [3.63, 3.8) is 0 Å². The highest BCUT2D eigenvalue weighted by atomic mass is 16.6. The minimum Gasteiger partial charge on any atom is -0.496 e. The van der Waals surface area contributed by atoms with E-state index in [9.17, 15) is 14.4 Å². The van der Waals surface area contributed by atoms with Crippen LogP contribution in [0.1, 0.15) is 65.9 Å². The van der Waals surface area contributed by atoms with Crippen LogP contribution in [-0.4, -0.2) is 51.3 Å². The minimum atomic E-state index is -0.629. The number of Topliss-reactive ketones (excluding diaryl/α,β-unsaturated/α-hetero) is 1. The highest BCUT2D eigenvalue weighted by Gasteiger charge is 2.42. The van der Waals surface area contributed by atoms with Crippen molar-refractivity contribution in [3.8, 4) is 5.75 Å². The maximum atomic E-state index is 13.9. The number of rotatable bonds is 7. The Kier molecular flexibility index (Phi) is 7.84. The summed E-state index contributed by atoms with van der Waals surface area (Å²) in [6.07, 6.45) is 2.55. The SMILES string of the molecule is COC(=O)c1ccc([C@H]2C(C(=O)OC[C@H]3CCCO3)=C(C)NC3=C2C(=O)C[C@@H](c2ccccc2OC)C3)cc1. The van der Waals surface area contributed by atoms with E-state index >= 15 is 0 Å². The fraction of sp³-hybridized carbons (Fsp3) is 0.387. The molecule has 1 fully saturated rings. The van der Waals surface area contributed by atoms with Gasteiger partial charge in [0, 0.05) is 41.8 Å². The van der Waals surface area contributed by atoms with Crippen LogP contribution in [0.15, 0.2) is 71.1 Å². The molecular weight excluding hydrogens is 498 g/mol. The summed E-state index contributed by atoms with van der Waals surface area (Å²) in [6, 6.07) is 14.6. The summed E-state index contributed by atoms with van der Waals surface area (Å²) in [6.45, 7) is 2.66. The van der Waals surface area contributed by atoms with Crippen LogP contribution in [0.25, 0.3) is 0 Å². The molecule has 1 saturated heterocycles. The van der Waals surface area contributed by atoms with E-state index in [0.29, 0.717) is 35.4 Å². The molecule has 204 valence electrons. The van der Waals surface area contributed by atoms with Crippen LogP contribution < -0.4 is 10.1 Å². The predicted molar refractivity (Wildman–Crippen MR) is 143 cm³/mol. The van der Waals surface area contributed by atoms with E-state index in [1.165, 1.54) is 7.11 Å². The van der Waals surface area contributed by atoms with E-state index in [0.717, 1.165) is 35.4 Å². The molecule has 0 amide bonds. The third-order valence-electron chi connectivity index (χ3n) is 7.72. The Morgan fingerprint density at radius 2 is 1.79 bits per heavy atom. The van der Waals surface area contributed by atoms with Gasteiger partial charge in [-0.3, -0.25) is 4.79 Å². The lowest BCUT2D eigenvalue weighted by Gasteiger charge is -2.37. The Balaban J connectivity index is 1.52. The minimum absolute atomic E-state index is 0.0429. The van der Waals surface area contributed by atoms with Gasteiger partial charge in [-0.1, -0.05) is 30.3 Å². The Bertz CT molecular complexity index is 1330. The molecule has 39 heavy (non-hydrogen) atoms. The van der Waals surface area contributed by atoms with Crippen LogP contribution >= 0.6 is 0 Å². The summed E-state index contributed by atoms with van der Waals surface area (Å²) in [5.41, 5.74) is 4.47. The maximum Gasteiger partial charge on any atom is 0.337 e. The number of carbonyl (C=O) groups excluding carboxylic acids is 3. The van der Waals surface area contributed by atoms with Gasteiger partial charge in [-0.2, -0.15) is 0 Å². The molecule has 1 aliphatic carbocycles. The highest BCUT2D eigenvalue weighted by molar-refractivity contribution is 6.04. The van der Waals surface area contributed by atoms with Crippen molar-refractivity contribution in [2.75, 3.05) is 27.4 Å². The molecule has 0 bridgehead atoms. The van der Waals surface area contributed by atoms with Gasteiger partial charge in [-0.25, -0.2) is 9.59 Å². The van der Waals surface area contributed by atoms with Crippen molar-refractivity contribution >= 4 is 17.7 Å². The molecule has 8 nitrogen and oxygen atoms in total. The molecule has 2 aromatic rings. The molecule has 5 rings (SSSR count). The van der Waals surface area contributed by atoms with Crippen LogP contribution in [0.3, 0.4) is 0 Å². The van der Waals surface area contributed by atoms with Crippen LogP contribution in [0.2, 0.25) is 0 Å². The molecule has 2 heterocycles. The van der Waals surface area contributed by atoms with E-state index < -0.39 is 17.9 Å². The number of ketones is 1. The van der Waals surface area contributed by atoms with E-state index in [1.54, 1.807) is 31.4 Å². The van der Waals surface area contributed by atoms with Crippen molar-refractivity contribution in [1.29, 1.82) is 0 Å². The number of nitrogens with one attached hydrogen (secondary N) is 1. The number of esters is 2. The molecule has 8 heteroatoms. The Labute approximate surface area is 228 Å². The van der Waals surface area contributed by atoms with Crippen molar-refractivity contribution in [2.24, 2.45) is 0 Å². The standard InChI is InChI=1S/C31H33NO7/c1-18-27(31(35)39-17-22-7-6-14-38-22)28(19-10-12-20(13-11-19)30(34)37-3)29-24(32-18)15-21(16-25(29)33)23-8-4-5-9-26(23)36-2/h4-5,8-13,21-22,28,32H,6-7,14-17H2,1-3H3/t21-,22+,28-/m0/s1. The first-order valence-corrected chi connectivity index (χ1v) is 13.2. The predicted octanol–water partition coefficient (Wildman–Crippen LogP) is 4.57. The summed E-state index contributed by atoms with van der Waals surface area (Å²) in [5.74, 6) is -0.930. The van der Waals surface area contributed by atoms with Crippen LogP contribution in [0.5, 0.6) is 5.75 Å². The van der Waals surface area contributed by atoms with Gasteiger partial charge in [-0.05, 0) is 55.5 Å². The average molecular weight is 532 g/mol. The zero-order valence-corrected chi connectivity index (χ0v) is 22.5. The Hall–Kier alpha value is -3.91. The van der Waals surface area contributed by atoms with Crippen molar-refractivity contribution in [2.45, 2.75) is 50.5 Å². The van der Waals surface area contributed by atoms with Crippen molar-refractivity contribution in [3.05, 3.63) is 87.8 Å². The van der Waals surface area contributed by atoms with E-state index in [4.69, 9.17) is 18.9 Å². The topological polar surface area (TPSA) is 100 Å². The molecule has 3 aliphatic rings. The third kappa shape index (κ3) is 5.34. The largest absolute Gasteiger partial charge is 0.496 e. The summed E-state index contributed by atoms with van der Waals surface area (Å²) in [5, 5.41) is 3.37. The zero-order chi connectivity index (χ0) is 27.5. The first-order valence-electron chi connectivity index (χ1n) is 13.2. The molecule has 0 radical (unpaired) electrons. The number of hydrogen-bond acceptors (Lipinski definition) is 8. The molecule has 2 aliphatic heterocycles. The van der Waals surface area contributed by atoms with Gasteiger partial charge in [-0.15, -0.1) is 0 Å². The van der Waals surface area contributed by atoms with E-state index in [1.807, 2.05) is 31.2 Å². The first-order chi connectivity index (χ1) is 18.9. The number of hydrogen-bond donors (Lipinski definition) is 1. The maximum absolute atomic E-state index is 13.9. The lowest BCUT2D eigenvalue weighted by atomic mass is 9.71. The number of carbonyl (C=O) groups is 3. The lowest BCUT2D eigenvalue weighted by molar-refractivity contribution is -0.142. The third-order valence-corrected chi connectivity index (χ3v) is 7.72. The van der Waals surface area contributed by atoms with Crippen LogP contribution in [-0.2, 0) is 23.8 Å². The number of ether oxygens (including phenoxy) is 4. The first kappa shape index (κ1) is 26.7. The van der Waals surface area contributed by atoms with Gasteiger partial charge in [0.2, 0.25) is 0 Å². The Morgan fingerprint density at radius 3 is 2.49 bits per heavy atom. The molecule has 0 saturated carbocycles. The summed E-state index contributed by atoms with van der Waals surface area (Å²) >= 11 is 0. The van der Waals surface area contributed by atoms with Gasteiger partial charge in [0.25, 0.3) is 0 Å². The van der Waals surface area contributed by atoms with Gasteiger partial charge in [0.1, 0.15) is 12.4 Å². The second kappa shape index (κ2) is 11.5. The van der Waals surface area contributed by atoms with Gasteiger partial charge < -0.3 is 24.3 Å². The quantitative estimate of drug-likeness (QED) is 0.519. The second-order valence-corrected chi connectivity index (χ2v) is 10.1. The smallest absolute Gasteiger partial charge is 0.337 e. The number of benzene rings is 2. The highest BCUT2D eigenvalue weighted by Crippen LogP contribution is 2.47. The second-order valence-electron chi connectivity index (χ2n) is 10.1. The fourth-order valence-corrected chi connectivity index (χ4v) is 5.82. The molecule has 0 spiro atoms. The molecule has 0 aromatic heterocycles.